The Morgan fingerprint density at radius 2 is 1.86 bits per heavy atom. The lowest BCUT2D eigenvalue weighted by Crippen LogP contribution is -2.27. The van der Waals surface area contributed by atoms with E-state index in [2.05, 4.69) is 10.4 Å². The molecule has 0 spiro atoms. The molecule has 0 bridgehead atoms. The predicted molar refractivity (Wildman–Crippen MR) is 107 cm³/mol. The van der Waals surface area contributed by atoms with Gasteiger partial charge < -0.3 is 10.1 Å². The number of ether oxygens (including phenoxy) is 1. The van der Waals surface area contributed by atoms with Gasteiger partial charge in [-0.05, 0) is 52.0 Å². The van der Waals surface area contributed by atoms with E-state index in [1.165, 1.54) is 18.2 Å². The number of nitrogens with zero attached hydrogens (tertiary/aromatic N) is 3. The number of nitrogens with one attached hydrogen (secondary N) is 1. The molecule has 0 atom stereocenters. The quantitative estimate of drug-likeness (QED) is 0.521. The lowest BCUT2D eigenvalue weighted by Gasteiger charge is -2.19. The van der Waals surface area contributed by atoms with E-state index in [9.17, 15) is 19.7 Å². The Morgan fingerprint density at radius 3 is 2.52 bits per heavy atom. The average molecular weight is 396 g/mol. The molecule has 0 aliphatic rings. The standard InChI is InChI=1S/C20H20N4O5/c1-12-14-10-9-13(11-17(14)23(22-12)19(26)29-20(2,3)4)21-18(25)15-7-5-6-8-16(15)24(27)28/h5-11H,1-4H3,(H,21,25). The maximum atomic E-state index is 12.6. The topological polar surface area (TPSA) is 116 Å². The molecule has 0 radical (unpaired) electrons. The Kier molecular flexibility index (Phi) is 5.06. The third-order valence-electron chi connectivity index (χ3n) is 4.04. The van der Waals surface area contributed by atoms with Crippen LogP contribution in [0.15, 0.2) is 42.5 Å². The number of nitro groups is 1. The zero-order valence-corrected chi connectivity index (χ0v) is 16.4. The van der Waals surface area contributed by atoms with Gasteiger partial charge in [-0.3, -0.25) is 14.9 Å². The Morgan fingerprint density at radius 1 is 1.17 bits per heavy atom. The molecule has 1 N–H and O–H groups in total. The van der Waals surface area contributed by atoms with E-state index >= 15 is 0 Å². The van der Waals surface area contributed by atoms with Gasteiger partial charge in [0.15, 0.2) is 0 Å². The molecule has 9 heteroatoms. The van der Waals surface area contributed by atoms with Crippen LogP contribution in [0.4, 0.5) is 16.2 Å². The van der Waals surface area contributed by atoms with E-state index in [1.54, 1.807) is 52.0 Å². The second-order valence-electron chi connectivity index (χ2n) is 7.44. The van der Waals surface area contributed by atoms with Gasteiger partial charge >= 0.3 is 6.09 Å². The summed E-state index contributed by atoms with van der Waals surface area (Å²) in [5, 5.41) is 18.7. The van der Waals surface area contributed by atoms with Gasteiger partial charge in [-0.2, -0.15) is 9.78 Å². The summed E-state index contributed by atoms with van der Waals surface area (Å²) in [6, 6.07) is 10.6. The molecule has 0 aliphatic heterocycles. The van der Waals surface area contributed by atoms with Gasteiger partial charge in [0.1, 0.15) is 11.2 Å². The molecule has 2 aromatic carbocycles. The van der Waals surface area contributed by atoms with Gasteiger partial charge in [0.2, 0.25) is 0 Å². The van der Waals surface area contributed by atoms with E-state index in [-0.39, 0.29) is 11.3 Å². The summed E-state index contributed by atoms with van der Waals surface area (Å²) < 4.78 is 6.51. The van der Waals surface area contributed by atoms with Gasteiger partial charge in [0, 0.05) is 17.1 Å². The third kappa shape index (κ3) is 4.23. The first-order valence-electron chi connectivity index (χ1n) is 8.84. The number of anilines is 1. The van der Waals surface area contributed by atoms with E-state index in [0.29, 0.717) is 16.9 Å². The summed E-state index contributed by atoms with van der Waals surface area (Å²) >= 11 is 0. The zero-order valence-electron chi connectivity index (χ0n) is 16.4. The minimum absolute atomic E-state index is 0.0607. The van der Waals surface area contributed by atoms with Crippen LogP contribution in [0.5, 0.6) is 0 Å². The Labute approximate surface area is 166 Å². The van der Waals surface area contributed by atoms with Crippen LogP contribution in [0, 0.1) is 17.0 Å². The first kappa shape index (κ1) is 20.0. The molecule has 150 valence electrons. The number of fused-ring (bicyclic) bond motifs is 1. The number of nitro benzene ring substituents is 1. The van der Waals surface area contributed by atoms with Gasteiger partial charge in [-0.15, -0.1) is 0 Å². The Bertz CT molecular complexity index is 1130. The molecule has 3 rings (SSSR count). The largest absolute Gasteiger partial charge is 0.442 e. The van der Waals surface area contributed by atoms with Crippen molar-refractivity contribution in [2.75, 3.05) is 5.32 Å². The zero-order chi connectivity index (χ0) is 21.3. The first-order chi connectivity index (χ1) is 13.6. The summed E-state index contributed by atoms with van der Waals surface area (Å²) in [5.41, 5.74) is 0.404. The van der Waals surface area contributed by atoms with E-state index in [0.717, 1.165) is 10.1 Å². The maximum absolute atomic E-state index is 12.6. The van der Waals surface area contributed by atoms with Crippen molar-refractivity contribution in [3.05, 3.63) is 63.8 Å². The lowest BCUT2D eigenvalue weighted by molar-refractivity contribution is -0.385. The fourth-order valence-electron chi connectivity index (χ4n) is 2.82. The second kappa shape index (κ2) is 7.34. The van der Waals surface area contributed by atoms with Crippen LogP contribution in [-0.4, -0.2) is 32.3 Å². The maximum Gasteiger partial charge on any atom is 0.435 e. The highest BCUT2D eigenvalue weighted by Crippen LogP contribution is 2.25. The number of aryl methyl sites for hydroxylation is 1. The van der Waals surface area contributed by atoms with Gasteiger partial charge in [-0.25, -0.2) is 4.79 Å². The summed E-state index contributed by atoms with van der Waals surface area (Å²) in [6.45, 7) is 7.01. The highest BCUT2D eigenvalue weighted by atomic mass is 16.6. The molecule has 9 nitrogen and oxygen atoms in total. The van der Waals surface area contributed by atoms with E-state index in [4.69, 9.17) is 4.74 Å². The number of carbonyl (C=O) groups excluding carboxylic acids is 2. The molecule has 0 saturated heterocycles. The van der Waals surface area contributed by atoms with Crippen LogP contribution in [0.25, 0.3) is 10.9 Å². The predicted octanol–water partition coefficient (Wildman–Crippen LogP) is 4.29. The number of hydrogen-bond acceptors (Lipinski definition) is 6. The first-order valence-corrected chi connectivity index (χ1v) is 8.84. The van der Waals surface area contributed by atoms with Crippen molar-refractivity contribution in [1.29, 1.82) is 0 Å². The van der Waals surface area contributed by atoms with Crippen LogP contribution < -0.4 is 5.32 Å². The fraction of sp³-hybridized carbons (Fsp3) is 0.250. The van der Waals surface area contributed by atoms with Crippen molar-refractivity contribution in [2.45, 2.75) is 33.3 Å². The van der Waals surface area contributed by atoms with Crippen molar-refractivity contribution in [3.63, 3.8) is 0 Å². The third-order valence-corrected chi connectivity index (χ3v) is 4.04. The van der Waals surface area contributed by atoms with Gasteiger partial charge in [0.25, 0.3) is 11.6 Å². The number of rotatable bonds is 3. The number of aromatic nitrogens is 2. The average Bonchev–Trinajstić information content (AvgIpc) is 2.96. The number of para-hydroxylation sites is 1. The number of hydrogen-bond donors (Lipinski definition) is 1. The van der Waals surface area contributed by atoms with Crippen LogP contribution in [0.3, 0.4) is 0 Å². The molecule has 3 aromatic rings. The molecule has 0 aliphatic carbocycles. The number of benzene rings is 2. The Hall–Kier alpha value is -3.75. The summed E-state index contributed by atoms with van der Waals surface area (Å²) in [6.07, 6.45) is -0.641. The Balaban J connectivity index is 1.96. The fourth-order valence-corrected chi connectivity index (χ4v) is 2.82. The molecule has 0 unspecified atom stereocenters. The van der Waals surface area contributed by atoms with E-state index < -0.39 is 22.5 Å². The molecular weight excluding hydrogens is 376 g/mol. The molecule has 1 heterocycles. The molecule has 29 heavy (non-hydrogen) atoms. The molecule has 0 saturated carbocycles. The van der Waals surface area contributed by atoms with Crippen LogP contribution in [-0.2, 0) is 4.74 Å². The molecular formula is C20H20N4O5. The second-order valence-corrected chi connectivity index (χ2v) is 7.44. The minimum Gasteiger partial charge on any atom is -0.442 e. The molecule has 0 fully saturated rings. The van der Waals surface area contributed by atoms with Crippen molar-refractivity contribution in [2.24, 2.45) is 0 Å². The highest BCUT2D eigenvalue weighted by Gasteiger charge is 2.22. The monoisotopic (exact) mass is 396 g/mol. The van der Waals surface area contributed by atoms with Gasteiger partial charge in [-0.1, -0.05) is 12.1 Å². The minimum atomic E-state index is -0.693. The van der Waals surface area contributed by atoms with E-state index in [1.807, 2.05) is 0 Å². The normalized spacial score (nSPS) is 11.3. The van der Waals surface area contributed by atoms with Crippen LogP contribution in [0.2, 0.25) is 0 Å². The summed E-state index contributed by atoms with van der Waals surface area (Å²) in [5.74, 6) is -0.628. The highest BCUT2D eigenvalue weighted by molar-refractivity contribution is 6.08. The van der Waals surface area contributed by atoms with Crippen molar-refractivity contribution < 1.29 is 19.2 Å². The molecule has 1 aromatic heterocycles. The van der Waals surface area contributed by atoms with Crippen molar-refractivity contribution >= 4 is 34.3 Å². The lowest BCUT2D eigenvalue weighted by atomic mass is 10.1. The van der Waals surface area contributed by atoms with Crippen molar-refractivity contribution in [3.8, 4) is 0 Å². The van der Waals surface area contributed by atoms with Gasteiger partial charge in [0.05, 0.1) is 16.1 Å². The smallest absolute Gasteiger partial charge is 0.435 e. The number of amides is 1. The summed E-state index contributed by atoms with van der Waals surface area (Å²) in [4.78, 5) is 35.6. The van der Waals surface area contributed by atoms with Crippen molar-refractivity contribution in [1.82, 2.24) is 9.78 Å². The molecule has 1 amide bonds. The SMILES string of the molecule is Cc1nn(C(=O)OC(C)(C)C)c2cc(NC(=O)c3ccccc3[N+](=O)[O-])ccc12. The summed E-state index contributed by atoms with van der Waals surface area (Å²) in [7, 11) is 0. The van der Waals surface area contributed by atoms with Crippen LogP contribution >= 0.6 is 0 Å². The number of carbonyl (C=O) groups is 2. The van der Waals surface area contributed by atoms with Crippen LogP contribution in [0.1, 0.15) is 36.8 Å².